The van der Waals surface area contributed by atoms with Crippen molar-refractivity contribution in [2.45, 2.75) is 0 Å². The summed E-state index contributed by atoms with van der Waals surface area (Å²) in [5.41, 5.74) is 0. The molecule has 0 amide bonds. The van der Waals surface area contributed by atoms with Gasteiger partial charge in [0.25, 0.3) is 0 Å². The maximum atomic E-state index is 14.6. The average Bonchev–Trinajstić information content (AvgIpc) is 2.85. The minimum Gasteiger partial charge on any atom is -0.313 e. The highest BCUT2D eigenvalue weighted by molar-refractivity contribution is 7.85. The van der Waals surface area contributed by atoms with Crippen LogP contribution in [0.4, 0.5) is 0 Å². The molecule has 0 saturated heterocycles. The number of allylic oxidation sites excluding steroid dienone is 1. The molecule has 0 aromatic heterocycles. The topological polar surface area (TPSA) is 34.1 Å². The lowest BCUT2D eigenvalue weighted by Gasteiger charge is -2.26. The Labute approximate surface area is 184 Å². The molecule has 0 N–H and O–H groups in total. The van der Waals surface area contributed by atoms with E-state index < -0.39 is 14.3 Å². The normalized spacial score (nSPS) is 11.7. The van der Waals surface area contributed by atoms with Crippen LogP contribution in [0.1, 0.15) is 0 Å². The highest BCUT2D eigenvalue weighted by atomic mass is 31.2. The molecule has 0 aliphatic carbocycles. The van der Waals surface area contributed by atoms with E-state index in [4.69, 9.17) is 0 Å². The molecule has 0 saturated carbocycles. The van der Waals surface area contributed by atoms with Gasteiger partial charge in [0.2, 0.25) is 0 Å². The van der Waals surface area contributed by atoms with Crippen molar-refractivity contribution in [3.63, 3.8) is 0 Å². The Hall–Kier alpha value is -2.92. The summed E-state index contributed by atoms with van der Waals surface area (Å²) in [6.45, 7) is 4.28. The third kappa shape index (κ3) is 4.15. The molecule has 0 heterocycles. The zero-order chi connectivity index (χ0) is 21.7. The van der Waals surface area contributed by atoms with Gasteiger partial charge in [-0.3, -0.25) is 0 Å². The molecule has 0 unspecified atom stereocenters. The Morgan fingerprint density at radius 2 is 0.806 bits per heavy atom. The quantitative estimate of drug-likeness (QED) is 0.353. The molecule has 0 bridgehead atoms. The molecule has 31 heavy (non-hydrogen) atoms. The van der Waals surface area contributed by atoms with E-state index in [9.17, 15) is 9.13 Å². The monoisotopic (exact) mass is 442 g/mol. The fraction of sp³-hybridized carbons (Fsp3) is 0.0370. The molecule has 4 rings (SSSR count). The smallest absolute Gasteiger partial charge is 0.167 e. The molecule has 0 aliphatic rings. The fourth-order valence-electron chi connectivity index (χ4n) is 3.82. The molecule has 4 heteroatoms. The SMILES string of the molecule is C=C(CP(=O)(c1ccccc1)c1ccccc1)P(=O)(c1ccccc1)c1ccccc1. The van der Waals surface area contributed by atoms with Crippen molar-refractivity contribution in [3.05, 3.63) is 133 Å². The average molecular weight is 442 g/mol. The van der Waals surface area contributed by atoms with E-state index in [2.05, 4.69) is 6.58 Å². The first-order chi connectivity index (χ1) is 15.0. The van der Waals surface area contributed by atoms with Crippen LogP contribution in [0, 0.1) is 0 Å². The van der Waals surface area contributed by atoms with E-state index in [1.165, 1.54) is 0 Å². The van der Waals surface area contributed by atoms with Crippen molar-refractivity contribution in [2.24, 2.45) is 0 Å². The Kier molecular flexibility index (Phi) is 6.23. The van der Waals surface area contributed by atoms with Crippen LogP contribution in [0.3, 0.4) is 0 Å². The van der Waals surface area contributed by atoms with Gasteiger partial charge in [0.1, 0.15) is 7.14 Å². The molecule has 4 aromatic carbocycles. The minimum absolute atomic E-state index is 0.141. The van der Waals surface area contributed by atoms with Crippen LogP contribution >= 0.6 is 14.3 Å². The third-order valence-electron chi connectivity index (χ3n) is 5.44. The second-order valence-corrected chi connectivity index (χ2v) is 13.1. The molecule has 4 aromatic rings. The Morgan fingerprint density at radius 1 is 0.516 bits per heavy atom. The molecule has 0 fully saturated rings. The Bertz CT molecular complexity index is 1160. The van der Waals surface area contributed by atoms with Crippen LogP contribution in [0.15, 0.2) is 133 Å². The van der Waals surface area contributed by atoms with E-state index >= 15 is 0 Å². The van der Waals surface area contributed by atoms with E-state index in [0.717, 1.165) is 10.6 Å². The summed E-state index contributed by atoms with van der Waals surface area (Å²) in [5, 5.41) is 3.41. The number of hydrogen-bond donors (Lipinski definition) is 0. The zero-order valence-corrected chi connectivity index (χ0v) is 19.0. The van der Waals surface area contributed by atoms with Gasteiger partial charge >= 0.3 is 0 Å². The molecular weight excluding hydrogens is 418 g/mol. The number of rotatable bonds is 7. The van der Waals surface area contributed by atoms with Gasteiger partial charge < -0.3 is 9.13 Å². The standard InChI is InChI=1S/C27H24O2P2/c1-23(31(29,26-18-10-4-11-19-26)27-20-12-5-13-21-27)22-30(28,24-14-6-2-7-15-24)25-16-8-3-9-17-25/h2-21H,1,22H2. The summed E-state index contributed by atoms with van der Waals surface area (Å²) in [4.78, 5) is 0. The van der Waals surface area contributed by atoms with Gasteiger partial charge in [-0.1, -0.05) is 128 Å². The first kappa shape index (κ1) is 21.3. The van der Waals surface area contributed by atoms with Gasteiger partial charge in [0.15, 0.2) is 7.14 Å². The molecule has 0 atom stereocenters. The predicted molar refractivity (Wildman–Crippen MR) is 134 cm³/mol. The van der Waals surface area contributed by atoms with Crippen molar-refractivity contribution in [3.8, 4) is 0 Å². The van der Waals surface area contributed by atoms with Gasteiger partial charge in [-0.05, 0) is 5.31 Å². The van der Waals surface area contributed by atoms with Gasteiger partial charge in [-0.25, -0.2) is 0 Å². The second kappa shape index (κ2) is 9.06. The Balaban J connectivity index is 1.86. The minimum atomic E-state index is -3.22. The third-order valence-corrected chi connectivity index (χ3v) is 11.9. The van der Waals surface area contributed by atoms with E-state index in [1.807, 2.05) is 121 Å². The van der Waals surface area contributed by atoms with Crippen molar-refractivity contribution >= 4 is 35.5 Å². The number of benzene rings is 4. The summed E-state index contributed by atoms with van der Waals surface area (Å²) in [7, 11) is -6.31. The van der Waals surface area contributed by atoms with Crippen LogP contribution in [-0.4, -0.2) is 6.16 Å². The van der Waals surface area contributed by atoms with Crippen molar-refractivity contribution in [1.29, 1.82) is 0 Å². The molecule has 0 aliphatic heterocycles. The second-order valence-electron chi connectivity index (χ2n) is 7.42. The maximum Gasteiger partial charge on any atom is 0.167 e. The summed E-state index contributed by atoms with van der Waals surface area (Å²) >= 11 is 0. The van der Waals surface area contributed by atoms with Crippen molar-refractivity contribution in [2.75, 3.05) is 6.16 Å². The predicted octanol–water partition coefficient (Wildman–Crippen LogP) is 5.53. The van der Waals surface area contributed by atoms with Crippen LogP contribution in [-0.2, 0) is 9.13 Å². The number of hydrogen-bond acceptors (Lipinski definition) is 2. The lowest BCUT2D eigenvalue weighted by atomic mass is 10.4. The Morgan fingerprint density at radius 3 is 1.13 bits per heavy atom. The summed E-state index contributed by atoms with van der Waals surface area (Å²) in [5.74, 6) is 0. The molecular formula is C27H24O2P2. The first-order valence-corrected chi connectivity index (χ1v) is 13.7. The van der Waals surface area contributed by atoms with Gasteiger partial charge in [-0.15, -0.1) is 0 Å². The van der Waals surface area contributed by atoms with Crippen molar-refractivity contribution < 1.29 is 9.13 Å². The summed E-state index contributed by atoms with van der Waals surface area (Å²) in [6, 6.07) is 37.7. The van der Waals surface area contributed by atoms with Gasteiger partial charge in [-0.2, -0.15) is 0 Å². The van der Waals surface area contributed by atoms with Gasteiger partial charge in [0.05, 0.1) is 0 Å². The van der Waals surface area contributed by atoms with Gasteiger partial charge in [0, 0.05) is 27.4 Å². The van der Waals surface area contributed by atoms with Crippen LogP contribution in [0.5, 0.6) is 0 Å². The molecule has 0 radical (unpaired) electrons. The first-order valence-electron chi connectivity index (χ1n) is 10.1. The van der Waals surface area contributed by atoms with E-state index in [-0.39, 0.29) is 6.16 Å². The summed E-state index contributed by atoms with van der Waals surface area (Å²) in [6.07, 6.45) is 0.141. The fourth-order valence-corrected chi connectivity index (χ4v) is 9.91. The summed E-state index contributed by atoms with van der Waals surface area (Å²) < 4.78 is 29.2. The molecule has 154 valence electrons. The van der Waals surface area contributed by atoms with Crippen LogP contribution < -0.4 is 21.2 Å². The zero-order valence-electron chi connectivity index (χ0n) is 17.2. The molecule has 2 nitrogen and oxygen atoms in total. The molecule has 0 spiro atoms. The lowest BCUT2D eigenvalue weighted by Crippen LogP contribution is -2.23. The van der Waals surface area contributed by atoms with E-state index in [0.29, 0.717) is 15.9 Å². The lowest BCUT2D eigenvalue weighted by molar-refractivity contribution is 0.585. The maximum absolute atomic E-state index is 14.6. The largest absolute Gasteiger partial charge is 0.313 e. The highest BCUT2D eigenvalue weighted by Gasteiger charge is 2.37. The van der Waals surface area contributed by atoms with Crippen molar-refractivity contribution in [1.82, 2.24) is 0 Å². The van der Waals surface area contributed by atoms with Crippen LogP contribution in [0.25, 0.3) is 0 Å². The van der Waals surface area contributed by atoms with E-state index in [1.54, 1.807) is 0 Å². The highest BCUT2D eigenvalue weighted by Crippen LogP contribution is 2.57. The van der Waals surface area contributed by atoms with Crippen LogP contribution in [0.2, 0.25) is 0 Å².